The maximum absolute atomic E-state index is 2.33. The van der Waals surface area contributed by atoms with Gasteiger partial charge in [0.2, 0.25) is 0 Å². The molecule has 0 fully saturated rings. The molecule has 0 aliphatic rings. The lowest BCUT2D eigenvalue weighted by Crippen LogP contribution is -1.85. The van der Waals surface area contributed by atoms with Crippen LogP contribution in [0.15, 0.2) is 18.2 Å². The van der Waals surface area contributed by atoms with Crippen LogP contribution in [0.25, 0.3) is 0 Å². The predicted octanol–water partition coefficient (Wildman–Crippen LogP) is 3.89. The second-order valence-electron chi connectivity index (χ2n) is 2.68. The molecular weight excluding hydrogens is 267 g/mol. The average molecular weight is 278 g/mol. The summed E-state index contributed by atoms with van der Waals surface area (Å²) in [6.45, 7) is 4.31. The summed E-state index contributed by atoms with van der Waals surface area (Å²) in [5.41, 5.74) is 4.22. The van der Waals surface area contributed by atoms with E-state index in [9.17, 15) is 0 Å². The summed E-state index contributed by atoms with van der Waals surface area (Å²) in [6, 6.07) is 6.63. The van der Waals surface area contributed by atoms with Crippen LogP contribution in [0.2, 0.25) is 0 Å². The average Bonchev–Trinajstić information content (AvgIpc) is 1.95. The van der Waals surface area contributed by atoms with E-state index in [1.165, 1.54) is 16.7 Å². The highest BCUT2D eigenvalue weighted by Crippen LogP contribution is 2.21. The van der Waals surface area contributed by atoms with Gasteiger partial charge in [0.05, 0.1) is 0 Å². The molecule has 60 valence electrons. The van der Waals surface area contributed by atoms with Crippen molar-refractivity contribution in [1.82, 2.24) is 0 Å². The highest BCUT2D eigenvalue weighted by atomic mass is 127. The van der Waals surface area contributed by atoms with Crippen molar-refractivity contribution >= 4 is 30.1 Å². The summed E-state index contributed by atoms with van der Waals surface area (Å²) in [5, 5.41) is 0. The molecule has 0 heterocycles. The minimum atomic E-state index is 1.12. The Morgan fingerprint density at radius 1 is 1.36 bits per heavy atom. The van der Waals surface area contributed by atoms with Crippen molar-refractivity contribution in [3.8, 4) is 0 Å². The van der Waals surface area contributed by atoms with Crippen LogP contribution in [0.1, 0.15) is 16.7 Å². The first-order valence-electron chi connectivity index (χ1n) is 3.53. The van der Waals surface area contributed by atoms with E-state index in [1.807, 2.05) is 8.93 Å². The maximum atomic E-state index is 2.33. The molecule has 1 rings (SSSR count). The first-order chi connectivity index (χ1) is 5.24. The van der Waals surface area contributed by atoms with E-state index in [1.54, 1.807) is 0 Å². The maximum Gasteiger partial charge on any atom is 0.0287 e. The van der Waals surface area contributed by atoms with Crippen LogP contribution >= 0.6 is 30.1 Å². The van der Waals surface area contributed by atoms with Gasteiger partial charge < -0.3 is 0 Å². The van der Waals surface area contributed by atoms with E-state index in [2.05, 4.69) is 53.3 Å². The van der Waals surface area contributed by atoms with E-state index in [4.69, 9.17) is 0 Å². The van der Waals surface area contributed by atoms with E-state index >= 15 is 0 Å². The number of aryl methyl sites for hydroxylation is 2. The fourth-order valence-electron chi connectivity index (χ4n) is 1.07. The second kappa shape index (κ2) is 4.36. The zero-order valence-electron chi connectivity index (χ0n) is 6.73. The van der Waals surface area contributed by atoms with E-state index in [0.717, 1.165) is 5.75 Å². The molecule has 0 radical (unpaired) electrons. The number of hydrogen-bond acceptors (Lipinski definition) is 1. The first kappa shape index (κ1) is 9.39. The van der Waals surface area contributed by atoms with Crippen molar-refractivity contribution in [3.63, 3.8) is 0 Å². The Bertz CT molecular complexity index is 245. The third kappa shape index (κ3) is 2.67. The third-order valence-electron chi connectivity index (χ3n) is 1.71. The smallest absolute Gasteiger partial charge is 0.0287 e. The molecule has 0 bridgehead atoms. The highest BCUT2D eigenvalue weighted by molar-refractivity contribution is 14.2. The molecule has 0 aliphatic heterocycles. The minimum Gasteiger partial charge on any atom is -0.0846 e. The summed E-state index contributed by atoms with van der Waals surface area (Å²) >= 11 is 2.33. The quantitative estimate of drug-likeness (QED) is 0.740. The SMILES string of the molecule is Cc1ccc(CSI)c(C)c1. The fourth-order valence-corrected chi connectivity index (χ4v) is 2.51. The van der Waals surface area contributed by atoms with Crippen LogP contribution in [0.3, 0.4) is 0 Å². The predicted molar refractivity (Wildman–Crippen MR) is 61.2 cm³/mol. The van der Waals surface area contributed by atoms with Crippen LogP contribution in [-0.4, -0.2) is 0 Å². The van der Waals surface area contributed by atoms with Crippen LogP contribution < -0.4 is 0 Å². The van der Waals surface area contributed by atoms with Gasteiger partial charge in [-0.1, -0.05) is 32.7 Å². The molecule has 0 aromatic heterocycles. The molecule has 0 amide bonds. The van der Waals surface area contributed by atoms with Crippen molar-refractivity contribution in [2.45, 2.75) is 19.6 Å². The van der Waals surface area contributed by atoms with Gasteiger partial charge in [-0.2, -0.15) is 0 Å². The summed E-state index contributed by atoms with van der Waals surface area (Å²) in [4.78, 5) is 0. The van der Waals surface area contributed by atoms with Gasteiger partial charge in [-0.05, 0) is 46.2 Å². The first-order valence-corrected chi connectivity index (χ1v) is 7.06. The molecule has 0 unspecified atom stereocenters. The number of rotatable bonds is 2. The Labute approximate surface area is 84.4 Å². The Hall–Kier alpha value is 0.300. The van der Waals surface area contributed by atoms with Gasteiger partial charge in [0.15, 0.2) is 0 Å². The molecule has 0 spiro atoms. The minimum absolute atomic E-state index is 1.12. The molecule has 0 saturated heterocycles. The highest BCUT2D eigenvalue weighted by Gasteiger charge is 1.96. The molecule has 0 aliphatic carbocycles. The summed E-state index contributed by atoms with van der Waals surface area (Å²) < 4.78 is 0. The van der Waals surface area contributed by atoms with Crippen LogP contribution in [0.5, 0.6) is 0 Å². The van der Waals surface area contributed by atoms with Gasteiger partial charge in [0, 0.05) is 5.75 Å². The van der Waals surface area contributed by atoms with Crippen LogP contribution in [-0.2, 0) is 5.75 Å². The lowest BCUT2D eigenvalue weighted by molar-refractivity contribution is 1.28. The number of halogens is 1. The Morgan fingerprint density at radius 3 is 2.64 bits per heavy atom. The van der Waals surface area contributed by atoms with Gasteiger partial charge >= 0.3 is 0 Å². The molecule has 0 atom stereocenters. The summed E-state index contributed by atoms with van der Waals surface area (Å²) in [5.74, 6) is 1.12. The van der Waals surface area contributed by atoms with Crippen molar-refractivity contribution in [3.05, 3.63) is 34.9 Å². The molecule has 11 heavy (non-hydrogen) atoms. The van der Waals surface area contributed by atoms with Crippen LogP contribution in [0.4, 0.5) is 0 Å². The molecular formula is C9H11IS. The van der Waals surface area contributed by atoms with Crippen molar-refractivity contribution in [1.29, 1.82) is 0 Å². The Kier molecular flexibility index (Phi) is 3.72. The summed E-state index contributed by atoms with van der Waals surface area (Å²) in [6.07, 6.45) is 0. The van der Waals surface area contributed by atoms with Crippen molar-refractivity contribution in [2.75, 3.05) is 0 Å². The normalized spacial score (nSPS) is 10.1. The molecule has 0 saturated carbocycles. The van der Waals surface area contributed by atoms with Gasteiger partial charge in [-0.15, -0.1) is 0 Å². The van der Waals surface area contributed by atoms with Gasteiger partial charge in [-0.3, -0.25) is 0 Å². The lowest BCUT2D eigenvalue weighted by atomic mass is 10.1. The largest absolute Gasteiger partial charge is 0.0846 e. The fraction of sp³-hybridized carbons (Fsp3) is 0.333. The molecule has 0 nitrogen and oxygen atoms in total. The standard InChI is InChI=1S/C9H11IS/c1-7-3-4-9(6-11-10)8(2)5-7/h3-5H,6H2,1-2H3. The molecule has 2 heteroatoms. The van der Waals surface area contributed by atoms with Crippen molar-refractivity contribution < 1.29 is 0 Å². The Balaban J connectivity index is 2.90. The third-order valence-corrected chi connectivity index (χ3v) is 3.06. The van der Waals surface area contributed by atoms with E-state index in [0.29, 0.717) is 0 Å². The van der Waals surface area contributed by atoms with Crippen molar-refractivity contribution in [2.24, 2.45) is 0 Å². The van der Waals surface area contributed by atoms with Crippen LogP contribution in [0, 0.1) is 13.8 Å². The number of hydrogen-bond donors (Lipinski definition) is 0. The zero-order chi connectivity index (χ0) is 8.27. The van der Waals surface area contributed by atoms with Gasteiger partial charge in [-0.25, -0.2) is 0 Å². The second-order valence-corrected chi connectivity index (χ2v) is 5.06. The van der Waals surface area contributed by atoms with Gasteiger partial charge in [0.25, 0.3) is 0 Å². The summed E-state index contributed by atoms with van der Waals surface area (Å²) in [7, 11) is 1.84. The molecule has 1 aromatic carbocycles. The monoisotopic (exact) mass is 278 g/mol. The van der Waals surface area contributed by atoms with Gasteiger partial charge in [0.1, 0.15) is 0 Å². The molecule has 0 N–H and O–H groups in total. The number of benzene rings is 1. The Morgan fingerprint density at radius 2 is 2.09 bits per heavy atom. The van der Waals surface area contributed by atoms with E-state index < -0.39 is 0 Å². The zero-order valence-corrected chi connectivity index (χ0v) is 9.70. The van der Waals surface area contributed by atoms with E-state index in [-0.39, 0.29) is 0 Å². The molecule has 1 aromatic rings. The lowest BCUT2D eigenvalue weighted by Gasteiger charge is -2.03. The topological polar surface area (TPSA) is 0 Å².